The first-order valence-electron chi connectivity index (χ1n) is 7.56. The van der Waals surface area contributed by atoms with Crippen LogP contribution in [-0.2, 0) is 4.74 Å². The fourth-order valence-electron chi connectivity index (χ4n) is 2.11. The third-order valence-electron chi connectivity index (χ3n) is 3.31. The molecule has 3 rings (SSSR count). The number of hydrogen-bond acceptors (Lipinski definition) is 3. The lowest BCUT2D eigenvalue weighted by molar-refractivity contribution is 0.0401. The molecule has 0 spiro atoms. The molecule has 0 aliphatic carbocycles. The van der Waals surface area contributed by atoms with Crippen LogP contribution in [0.2, 0.25) is 0 Å². The maximum Gasteiger partial charge on any atom is 0.339 e. The van der Waals surface area contributed by atoms with Crippen LogP contribution in [-0.4, -0.2) is 11.0 Å². The van der Waals surface area contributed by atoms with Crippen LogP contribution in [0.5, 0.6) is 0 Å². The van der Waals surface area contributed by atoms with Gasteiger partial charge < -0.3 is 4.74 Å². The predicted octanol–water partition coefficient (Wildman–Crippen LogP) is 4.03. The van der Waals surface area contributed by atoms with Crippen molar-refractivity contribution in [2.45, 2.75) is 6.10 Å². The lowest BCUT2D eigenvalue weighted by atomic mass is 10.2. The molecule has 0 radical (unpaired) electrons. The molecular weight excluding hydrogens is 298 g/mol. The minimum Gasteiger partial charge on any atom is -0.439 e. The van der Waals surface area contributed by atoms with E-state index < -0.39 is 12.1 Å². The topological polar surface area (TPSA) is 39.2 Å². The molecule has 0 saturated carbocycles. The Morgan fingerprint density at radius 1 is 0.875 bits per heavy atom. The van der Waals surface area contributed by atoms with E-state index in [9.17, 15) is 4.79 Å². The molecule has 3 aromatic rings. The molecule has 0 N–H and O–H groups in total. The van der Waals surface area contributed by atoms with Crippen molar-refractivity contribution >= 4 is 5.97 Å². The molecule has 0 aliphatic rings. The average molecular weight is 313 g/mol. The van der Waals surface area contributed by atoms with Crippen LogP contribution in [0.3, 0.4) is 0 Å². The number of aromatic nitrogens is 1. The summed E-state index contributed by atoms with van der Waals surface area (Å²) < 4.78 is 5.57. The van der Waals surface area contributed by atoms with E-state index in [1.807, 2.05) is 48.5 Å². The average Bonchev–Trinajstić information content (AvgIpc) is 2.67. The van der Waals surface area contributed by atoms with Gasteiger partial charge in [-0.25, -0.2) is 4.79 Å². The smallest absolute Gasteiger partial charge is 0.339 e. The Morgan fingerprint density at radius 3 is 2.21 bits per heavy atom. The number of carbonyl (C=O) groups excluding carboxylic acids is 1. The second kappa shape index (κ2) is 7.75. The quantitative estimate of drug-likeness (QED) is 0.541. The molecule has 0 saturated heterocycles. The third-order valence-corrected chi connectivity index (χ3v) is 3.31. The summed E-state index contributed by atoms with van der Waals surface area (Å²) in [7, 11) is 0. The van der Waals surface area contributed by atoms with Crippen molar-refractivity contribution in [1.82, 2.24) is 4.98 Å². The molecular formula is C21H15NO2. The Morgan fingerprint density at radius 2 is 1.54 bits per heavy atom. The van der Waals surface area contributed by atoms with Crippen molar-refractivity contribution in [3.05, 3.63) is 102 Å². The fourth-order valence-corrected chi connectivity index (χ4v) is 2.11. The van der Waals surface area contributed by atoms with E-state index in [-0.39, 0.29) is 0 Å². The SMILES string of the molecule is O=C(OC(C#Cc1ccccc1)c1ccccn1)c1ccccc1. The molecule has 1 heterocycles. The van der Waals surface area contributed by atoms with Gasteiger partial charge in [0.1, 0.15) is 0 Å². The van der Waals surface area contributed by atoms with Crippen molar-refractivity contribution in [1.29, 1.82) is 0 Å². The molecule has 1 unspecified atom stereocenters. The highest BCUT2D eigenvalue weighted by atomic mass is 16.5. The Labute approximate surface area is 140 Å². The van der Waals surface area contributed by atoms with E-state index in [1.54, 1.807) is 36.5 Å². The van der Waals surface area contributed by atoms with E-state index in [4.69, 9.17) is 4.74 Å². The van der Waals surface area contributed by atoms with Crippen LogP contribution in [0, 0.1) is 11.8 Å². The second-order valence-corrected chi connectivity index (χ2v) is 5.04. The molecule has 116 valence electrons. The fraction of sp³-hybridized carbons (Fsp3) is 0.0476. The standard InChI is InChI=1S/C21H15NO2/c23-21(18-11-5-2-6-12-18)24-20(19-13-7-8-16-22-19)15-14-17-9-3-1-4-10-17/h1-13,16,20H. The van der Waals surface area contributed by atoms with Gasteiger partial charge in [-0.05, 0) is 42.3 Å². The Hall–Kier alpha value is -3.38. The highest BCUT2D eigenvalue weighted by molar-refractivity contribution is 5.89. The van der Waals surface area contributed by atoms with Gasteiger partial charge in [0, 0.05) is 11.8 Å². The molecule has 0 amide bonds. The molecule has 2 aromatic carbocycles. The largest absolute Gasteiger partial charge is 0.439 e. The highest BCUT2D eigenvalue weighted by Crippen LogP contribution is 2.16. The van der Waals surface area contributed by atoms with Gasteiger partial charge in [-0.1, -0.05) is 48.4 Å². The summed E-state index contributed by atoms with van der Waals surface area (Å²) >= 11 is 0. The number of esters is 1. The zero-order valence-corrected chi connectivity index (χ0v) is 12.9. The minimum absolute atomic E-state index is 0.423. The van der Waals surface area contributed by atoms with Crippen LogP contribution < -0.4 is 0 Å². The van der Waals surface area contributed by atoms with Crippen LogP contribution in [0.1, 0.15) is 27.7 Å². The molecule has 24 heavy (non-hydrogen) atoms. The van der Waals surface area contributed by atoms with E-state index in [0.717, 1.165) is 5.56 Å². The molecule has 1 aromatic heterocycles. The molecule has 0 fully saturated rings. The lowest BCUT2D eigenvalue weighted by Gasteiger charge is -2.12. The number of ether oxygens (including phenoxy) is 1. The molecule has 1 atom stereocenters. The van der Waals surface area contributed by atoms with Crippen LogP contribution in [0.15, 0.2) is 85.1 Å². The normalized spacial score (nSPS) is 11.0. The van der Waals surface area contributed by atoms with Gasteiger partial charge in [0.05, 0.1) is 11.3 Å². The summed E-state index contributed by atoms with van der Waals surface area (Å²) in [5.41, 5.74) is 1.94. The van der Waals surface area contributed by atoms with Crippen LogP contribution >= 0.6 is 0 Å². The first-order valence-corrected chi connectivity index (χ1v) is 7.56. The van der Waals surface area contributed by atoms with Gasteiger partial charge in [-0.2, -0.15) is 0 Å². The van der Waals surface area contributed by atoms with E-state index in [0.29, 0.717) is 11.3 Å². The summed E-state index contributed by atoms with van der Waals surface area (Å²) in [6.45, 7) is 0. The van der Waals surface area contributed by atoms with Crippen LogP contribution in [0.4, 0.5) is 0 Å². The number of benzene rings is 2. The second-order valence-electron chi connectivity index (χ2n) is 5.04. The predicted molar refractivity (Wildman–Crippen MR) is 92.2 cm³/mol. The zero-order chi connectivity index (χ0) is 16.6. The van der Waals surface area contributed by atoms with E-state index in [1.165, 1.54) is 0 Å². The maximum atomic E-state index is 12.3. The first kappa shape index (κ1) is 15.5. The summed E-state index contributed by atoms with van der Waals surface area (Å²) in [4.78, 5) is 16.6. The molecule has 3 heteroatoms. The van der Waals surface area contributed by atoms with Gasteiger partial charge in [0.15, 0.2) is 0 Å². The first-order chi connectivity index (χ1) is 11.8. The van der Waals surface area contributed by atoms with E-state index >= 15 is 0 Å². The van der Waals surface area contributed by atoms with Crippen molar-refractivity contribution in [3.63, 3.8) is 0 Å². The zero-order valence-electron chi connectivity index (χ0n) is 12.9. The number of hydrogen-bond donors (Lipinski definition) is 0. The number of pyridine rings is 1. The van der Waals surface area contributed by atoms with Gasteiger partial charge in [-0.15, -0.1) is 0 Å². The summed E-state index contributed by atoms with van der Waals surface area (Å²) in [6, 6.07) is 23.9. The summed E-state index contributed by atoms with van der Waals surface area (Å²) in [5, 5.41) is 0. The van der Waals surface area contributed by atoms with Crippen molar-refractivity contribution in [2.24, 2.45) is 0 Å². The summed E-state index contributed by atoms with van der Waals surface area (Å²) in [5.74, 6) is 5.61. The summed E-state index contributed by atoms with van der Waals surface area (Å²) in [6.07, 6.45) is 0.933. The van der Waals surface area contributed by atoms with E-state index in [2.05, 4.69) is 16.8 Å². The van der Waals surface area contributed by atoms with Crippen LogP contribution in [0.25, 0.3) is 0 Å². The lowest BCUT2D eigenvalue weighted by Crippen LogP contribution is -2.11. The van der Waals surface area contributed by atoms with Gasteiger partial charge in [0.2, 0.25) is 6.10 Å². The number of rotatable bonds is 3. The Bertz CT molecular complexity index is 850. The molecule has 0 bridgehead atoms. The number of carbonyl (C=O) groups is 1. The van der Waals surface area contributed by atoms with Crippen molar-refractivity contribution in [2.75, 3.05) is 0 Å². The molecule has 3 nitrogen and oxygen atoms in total. The van der Waals surface area contributed by atoms with Gasteiger partial charge in [-0.3, -0.25) is 4.98 Å². The minimum atomic E-state index is -0.723. The van der Waals surface area contributed by atoms with Crippen molar-refractivity contribution in [3.8, 4) is 11.8 Å². The van der Waals surface area contributed by atoms with Gasteiger partial charge in [0.25, 0.3) is 0 Å². The highest BCUT2D eigenvalue weighted by Gasteiger charge is 2.16. The molecule has 0 aliphatic heterocycles. The Balaban J connectivity index is 1.86. The maximum absolute atomic E-state index is 12.3. The van der Waals surface area contributed by atoms with Crippen molar-refractivity contribution < 1.29 is 9.53 Å². The Kier molecular flexibility index (Phi) is 5.01. The third kappa shape index (κ3) is 4.08. The van der Waals surface area contributed by atoms with Gasteiger partial charge >= 0.3 is 5.97 Å². The monoisotopic (exact) mass is 313 g/mol. The number of nitrogens with zero attached hydrogens (tertiary/aromatic N) is 1.